The maximum atomic E-state index is 6.74. The van der Waals surface area contributed by atoms with Crippen LogP contribution < -0.4 is 9.97 Å². The van der Waals surface area contributed by atoms with E-state index in [1.165, 1.54) is 0 Å². The summed E-state index contributed by atoms with van der Waals surface area (Å²) in [4.78, 5) is 38.5. The zero-order chi connectivity index (χ0) is 33.2. The van der Waals surface area contributed by atoms with Gasteiger partial charge in [0.15, 0.2) is 0 Å². The predicted octanol–water partition coefficient (Wildman–Crippen LogP) is 11.4. The van der Waals surface area contributed by atoms with Crippen LogP contribution in [0.2, 0.25) is 40.2 Å². The normalized spacial score (nSPS) is 11.9. The largest absolute Gasteiger partial charge is 2.00 e. The second-order valence-corrected chi connectivity index (χ2v) is 13.9. The van der Waals surface area contributed by atoms with E-state index in [1.807, 2.05) is 0 Å². The summed E-state index contributed by atoms with van der Waals surface area (Å²) in [5.41, 5.74) is 2.78. The van der Waals surface area contributed by atoms with Crippen LogP contribution in [0, 0.1) is 0 Å². The molecule has 7 aromatic rings. The van der Waals surface area contributed by atoms with Crippen molar-refractivity contribution in [2.45, 2.75) is 0 Å². The van der Waals surface area contributed by atoms with E-state index in [0.717, 1.165) is 0 Å². The van der Waals surface area contributed by atoms with E-state index >= 15 is 0 Å². The predicted molar refractivity (Wildman–Crippen MR) is 194 cm³/mol. The van der Waals surface area contributed by atoms with Crippen LogP contribution >= 0.6 is 92.8 Å². The fraction of sp³-hybridized carbons (Fsp3) is 0. The fourth-order valence-electron chi connectivity index (χ4n) is 5.74. The van der Waals surface area contributed by atoms with E-state index in [-0.39, 0.29) is 63.0 Å². The summed E-state index contributed by atoms with van der Waals surface area (Å²) in [5, 5.41) is 4.73. The molecule has 0 N–H and O–H groups in total. The maximum absolute atomic E-state index is 6.74. The van der Waals surface area contributed by atoms with Gasteiger partial charge in [0.1, 0.15) is 0 Å². The first kappa shape index (κ1) is 33.2. The van der Waals surface area contributed by atoms with Gasteiger partial charge in [-0.3, -0.25) is 0 Å². The summed E-state index contributed by atoms with van der Waals surface area (Å²) in [6.45, 7) is 0. The summed E-state index contributed by atoms with van der Waals surface area (Å²) < 4.78 is 0. The van der Waals surface area contributed by atoms with Crippen LogP contribution in [-0.4, -0.2) is 29.9 Å². The van der Waals surface area contributed by atoms with Gasteiger partial charge in [-0.15, -0.1) is 0 Å². The summed E-state index contributed by atoms with van der Waals surface area (Å²) >= 11 is 52.8. The van der Waals surface area contributed by atoms with E-state index in [2.05, 4.69) is 0 Å². The number of rotatable bonds is 0. The first-order chi connectivity index (χ1) is 23.0. The minimum Gasteiger partial charge on any atom is -0.357 e. The molecule has 4 aromatic carbocycles. The van der Waals surface area contributed by atoms with Gasteiger partial charge in [0, 0.05) is 44.8 Å². The summed E-state index contributed by atoms with van der Waals surface area (Å²) in [7, 11) is 0. The Morgan fingerprint density at radius 2 is 0.551 bits per heavy atom. The second-order valence-electron chi connectivity index (χ2n) is 10.7. The van der Waals surface area contributed by atoms with Crippen molar-refractivity contribution in [3.63, 3.8) is 0 Å². The molecule has 17 heteroatoms. The number of nitrogens with zero attached hydrogens (tertiary/aromatic N) is 8. The van der Waals surface area contributed by atoms with Crippen molar-refractivity contribution in [2.75, 3.05) is 0 Å². The Labute approximate surface area is 325 Å². The molecule has 2 aliphatic heterocycles. The minimum atomic E-state index is 0. The average Bonchev–Trinajstić information content (AvgIpc) is 3.77. The molecule has 0 saturated carbocycles. The molecule has 5 heterocycles. The molecule has 0 radical (unpaired) electrons. The van der Waals surface area contributed by atoms with Crippen molar-refractivity contribution < 1.29 is 17.1 Å². The quantitative estimate of drug-likeness (QED) is 0.139. The van der Waals surface area contributed by atoms with Crippen LogP contribution in [0.3, 0.4) is 0 Å². The van der Waals surface area contributed by atoms with Crippen molar-refractivity contribution >= 4 is 137 Å². The zero-order valence-corrected chi connectivity index (χ0v) is 30.7. The molecule has 0 unspecified atom stereocenters. The van der Waals surface area contributed by atoms with Gasteiger partial charge >= 0.3 is 17.1 Å². The molecule has 0 aliphatic carbocycles. The van der Waals surface area contributed by atoms with Crippen LogP contribution in [0.25, 0.3) is 89.7 Å². The SMILES string of the molecule is Clc1cc2c3nc4nc(nc5[n-]c(nc6nc(nc([n-]3)c2cc1Cl)-c1c(Cl)ccc(Cl)c1-6)c1cc(Cl)c(Cl)cc51)-c1c(Cl)ccc(Cl)c1-4.[Fe+2]. The number of halogens is 8. The third kappa shape index (κ3) is 5.18. The molecule has 0 fully saturated rings. The summed E-state index contributed by atoms with van der Waals surface area (Å²) in [5.74, 6) is 0.819. The fourth-order valence-corrected chi connectivity index (χ4v) is 7.37. The Bertz CT molecular complexity index is 2430. The van der Waals surface area contributed by atoms with Gasteiger partial charge in [-0.05, 0) is 70.1 Å². The van der Waals surface area contributed by atoms with Gasteiger partial charge in [-0.25, -0.2) is 9.97 Å². The summed E-state index contributed by atoms with van der Waals surface area (Å²) in [6.07, 6.45) is 0. The van der Waals surface area contributed by atoms with E-state index in [0.29, 0.717) is 84.0 Å². The van der Waals surface area contributed by atoms with Crippen LogP contribution in [-0.2, 0) is 17.1 Å². The standard InChI is InChI=1S/C32H8Cl8N8.Fe/c33-13-1-2-14(34)22-21(13)29-43-25-9-5-17(37)18(38)6-10(9)27(41-25)45-31-23-15(35)3-4-16(36)24(23)32(48-31)46-28-12-8-20(40)19(39)7-11(12)26(42-28)44-30(22)47-29;/h1-8H;/q-2;+2. The van der Waals surface area contributed by atoms with Crippen molar-refractivity contribution in [2.24, 2.45) is 0 Å². The van der Waals surface area contributed by atoms with Crippen LogP contribution in [0.15, 0.2) is 48.5 Å². The molecule has 9 rings (SSSR count). The molecule has 240 valence electrons. The maximum Gasteiger partial charge on any atom is 2.00 e. The molecular weight excluding hydrogens is 836 g/mol. The van der Waals surface area contributed by atoms with Crippen LogP contribution in [0.1, 0.15) is 0 Å². The van der Waals surface area contributed by atoms with Gasteiger partial charge in [-0.1, -0.05) is 92.8 Å². The second kappa shape index (κ2) is 12.1. The molecule has 0 atom stereocenters. The molecular formula is C32H8Cl8FeN8. The van der Waals surface area contributed by atoms with E-state index in [1.54, 1.807) is 48.5 Å². The van der Waals surface area contributed by atoms with Gasteiger partial charge in [0.05, 0.1) is 63.5 Å². The topological polar surface area (TPSA) is 106 Å². The smallest absolute Gasteiger partial charge is 0.357 e. The van der Waals surface area contributed by atoms with E-state index < -0.39 is 0 Å². The third-order valence-corrected chi connectivity index (χ3v) is 10.6. The zero-order valence-electron chi connectivity index (χ0n) is 23.6. The summed E-state index contributed by atoms with van der Waals surface area (Å²) in [6, 6.07) is 13.2. The van der Waals surface area contributed by atoms with Crippen molar-refractivity contribution in [1.82, 2.24) is 39.9 Å². The first-order valence-electron chi connectivity index (χ1n) is 13.7. The minimum absolute atomic E-state index is 0. The molecule has 49 heavy (non-hydrogen) atoms. The van der Waals surface area contributed by atoms with Crippen LogP contribution in [0.5, 0.6) is 0 Å². The Kier molecular flexibility index (Phi) is 8.21. The van der Waals surface area contributed by atoms with Crippen molar-refractivity contribution in [3.8, 4) is 45.6 Å². The van der Waals surface area contributed by atoms with E-state index in [4.69, 9.17) is 133 Å². The Morgan fingerprint density at radius 3 is 0.776 bits per heavy atom. The van der Waals surface area contributed by atoms with E-state index in [9.17, 15) is 0 Å². The van der Waals surface area contributed by atoms with Crippen molar-refractivity contribution in [1.29, 1.82) is 0 Å². The number of aromatic nitrogens is 8. The molecule has 0 spiro atoms. The Morgan fingerprint density at radius 1 is 0.327 bits per heavy atom. The molecule has 8 nitrogen and oxygen atoms in total. The number of hydrogen-bond acceptors (Lipinski definition) is 6. The Balaban J connectivity index is 0.00000348. The average molecular weight is 844 g/mol. The van der Waals surface area contributed by atoms with Crippen molar-refractivity contribution in [3.05, 3.63) is 88.7 Å². The van der Waals surface area contributed by atoms with Crippen LogP contribution in [0.4, 0.5) is 0 Å². The molecule has 3 aromatic heterocycles. The molecule has 0 saturated heterocycles. The van der Waals surface area contributed by atoms with Gasteiger partial charge in [0.25, 0.3) is 0 Å². The van der Waals surface area contributed by atoms with Gasteiger partial charge in [0.2, 0.25) is 0 Å². The first-order valence-corrected chi connectivity index (χ1v) is 16.7. The van der Waals surface area contributed by atoms with Gasteiger partial charge < -0.3 is 29.9 Å². The number of fused-ring (bicyclic) bond motifs is 20. The molecule has 2 aliphatic rings. The monoisotopic (exact) mass is 840 g/mol. The third-order valence-electron chi connectivity index (χ3n) is 7.88. The number of hydrogen-bond donors (Lipinski definition) is 0. The molecule has 8 bridgehead atoms. The van der Waals surface area contributed by atoms with Gasteiger partial charge in [-0.2, -0.15) is 0 Å². The Hall–Kier alpha value is -2.92. The molecule has 0 amide bonds. The number of benzene rings is 4.